The van der Waals surface area contributed by atoms with Gasteiger partial charge in [-0.05, 0) is 30.2 Å². The van der Waals surface area contributed by atoms with Crippen LogP contribution in [0.25, 0.3) is 22.3 Å². The number of rotatable bonds is 4. The molecule has 0 aliphatic carbocycles. The molecule has 0 bridgehead atoms. The topological polar surface area (TPSA) is 87.8 Å². The highest BCUT2D eigenvalue weighted by Crippen LogP contribution is 2.18. The van der Waals surface area contributed by atoms with E-state index in [1.165, 1.54) is 11.6 Å². The summed E-state index contributed by atoms with van der Waals surface area (Å²) in [6.45, 7) is 0.460. The van der Waals surface area contributed by atoms with E-state index in [1.54, 1.807) is 11.6 Å². The zero-order chi connectivity index (χ0) is 18.4. The van der Waals surface area contributed by atoms with E-state index in [9.17, 15) is 9.59 Å². The zero-order valence-corrected chi connectivity index (χ0v) is 15.0. The van der Waals surface area contributed by atoms with Crippen molar-refractivity contribution in [3.05, 3.63) is 56.3 Å². The van der Waals surface area contributed by atoms with E-state index in [1.807, 2.05) is 24.3 Å². The fraction of sp³-hybridized carbons (Fsp3) is 0.294. The van der Waals surface area contributed by atoms with Crippen LogP contribution in [0.2, 0.25) is 5.28 Å². The number of oxazole rings is 1. The smallest absolute Gasteiger partial charge is 0.332 e. The molecular formula is C17H16ClN5O3. The molecule has 0 unspecified atom stereocenters. The van der Waals surface area contributed by atoms with E-state index in [2.05, 4.69) is 9.97 Å². The van der Waals surface area contributed by atoms with Gasteiger partial charge >= 0.3 is 5.69 Å². The number of aryl methyl sites for hydroxylation is 3. The lowest BCUT2D eigenvalue weighted by molar-refractivity contribution is 0.505. The molecule has 4 aromatic rings. The molecule has 0 radical (unpaired) electrons. The van der Waals surface area contributed by atoms with Gasteiger partial charge in [-0.2, -0.15) is 4.98 Å². The first kappa shape index (κ1) is 16.6. The highest BCUT2D eigenvalue weighted by atomic mass is 35.5. The van der Waals surface area contributed by atoms with Crippen molar-refractivity contribution in [3.8, 4) is 0 Å². The van der Waals surface area contributed by atoms with Crippen LogP contribution in [0.5, 0.6) is 0 Å². The minimum atomic E-state index is -0.435. The van der Waals surface area contributed by atoms with Gasteiger partial charge in [0.2, 0.25) is 5.28 Å². The average molecular weight is 374 g/mol. The van der Waals surface area contributed by atoms with Gasteiger partial charge in [0.25, 0.3) is 5.56 Å². The fourth-order valence-corrected chi connectivity index (χ4v) is 3.29. The summed E-state index contributed by atoms with van der Waals surface area (Å²) in [5.41, 5.74) is 1.32. The van der Waals surface area contributed by atoms with Crippen LogP contribution in [0.1, 0.15) is 12.3 Å². The summed E-state index contributed by atoms with van der Waals surface area (Å²) in [7, 11) is 3.00. The third-order valence-corrected chi connectivity index (χ3v) is 4.70. The number of fused-ring (bicyclic) bond motifs is 2. The van der Waals surface area contributed by atoms with Crippen molar-refractivity contribution in [2.75, 3.05) is 0 Å². The molecule has 134 valence electrons. The summed E-state index contributed by atoms with van der Waals surface area (Å²) >= 11 is 6.21. The van der Waals surface area contributed by atoms with Crippen molar-refractivity contribution in [2.45, 2.75) is 19.4 Å². The van der Waals surface area contributed by atoms with Crippen LogP contribution in [-0.4, -0.2) is 23.7 Å². The number of imidazole rings is 1. The van der Waals surface area contributed by atoms with E-state index >= 15 is 0 Å². The molecule has 0 aliphatic heterocycles. The first-order valence-electron chi connectivity index (χ1n) is 8.13. The van der Waals surface area contributed by atoms with Crippen molar-refractivity contribution in [1.29, 1.82) is 0 Å². The van der Waals surface area contributed by atoms with Crippen LogP contribution in [0.3, 0.4) is 0 Å². The summed E-state index contributed by atoms with van der Waals surface area (Å²) in [6.07, 6.45) is 1.25. The van der Waals surface area contributed by atoms with Gasteiger partial charge in [-0.3, -0.25) is 13.9 Å². The third kappa shape index (κ3) is 2.53. The maximum Gasteiger partial charge on any atom is 0.332 e. The minimum absolute atomic E-state index is 0.177. The number of nitrogens with zero attached hydrogens (tertiary/aromatic N) is 5. The van der Waals surface area contributed by atoms with Gasteiger partial charge in [-0.25, -0.2) is 9.78 Å². The molecule has 0 saturated carbocycles. The molecular weight excluding hydrogens is 358 g/mol. The molecule has 0 fully saturated rings. The maximum absolute atomic E-state index is 12.5. The number of hydrogen-bond donors (Lipinski definition) is 0. The Hall–Kier alpha value is -2.87. The zero-order valence-electron chi connectivity index (χ0n) is 14.3. The summed E-state index contributed by atoms with van der Waals surface area (Å²) in [4.78, 5) is 33.1. The largest absolute Gasteiger partial charge is 0.441 e. The van der Waals surface area contributed by atoms with E-state index < -0.39 is 11.2 Å². The number of hydrogen-bond acceptors (Lipinski definition) is 5. The van der Waals surface area contributed by atoms with Crippen molar-refractivity contribution in [3.63, 3.8) is 0 Å². The lowest BCUT2D eigenvalue weighted by Gasteiger charge is -2.06. The molecule has 0 amide bonds. The Labute approximate surface area is 152 Å². The van der Waals surface area contributed by atoms with Gasteiger partial charge < -0.3 is 8.98 Å². The molecule has 26 heavy (non-hydrogen) atoms. The van der Waals surface area contributed by atoms with Crippen molar-refractivity contribution in [1.82, 2.24) is 23.7 Å². The molecule has 4 rings (SSSR count). The van der Waals surface area contributed by atoms with Crippen LogP contribution in [0.4, 0.5) is 0 Å². The highest BCUT2D eigenvalue weighted by Gasteiger charge is 2.18. The normalized spacial score (nSPS) is 11.7. The fourth-order valence-electron chi connectivity index (χ4n) is 3.04. The number of halogens is 1. The summed E-state index contributed by atoms with van der Waals surface area (Å²) < 4.78 is 9.70. The predicted molar refractivity (Wildman–Crippen MR) is 97.6 cm³/mol. The van der Waals surface area contributed by atoms with E-state index in [0.29, 0.717) is 30.8 Å². The van der Waals surface area contributed by atoms with Crippen molar-refractivity contribution >= 4 is 33.9 Å². The van der Waals surface area contributed by atoms with Gasteiger partial charge in [0.15, 0.2) is 22.6 Å². The van der Waals surface area contributed by atoms with E-state index in [0.717, 1.165) is 15.7 Å². The third-order valence-electron chi connectivity index (χ3n) is 4.41. The standard InChI is InChI=1S/C17H16ClN5O3/c1-21-14-13(15(24)22(2)17(21)25)23(16(18)20-14)9-5-8-12-19-10-6-3-4-7-11(10)26-12/h3-4,6-7H,5,8-9H2,1-2H3. The first-order valence-corrected chi connectivity index (χ1v) is 8.51. The summed E-state index contributed by atoms with van der Waals surface area (Å²) in [5, 5.41) is 0.177. The Bertz CT molecular complexity index is 1210. The number of benzene rings is 1. The van der Waals surface area contributed by atoms with Gasteiger partial charge in [-0.15, -0.1) is 0 Å². The maximum atomic E-state index is 12.5. The number of aromatic nitrogens is 5. The Morgan fingerprint density at radius 1 is 1.12 bits per heavy atom. The molecule has 0 aliphatic rings. The van der Waals surface area contributed by atoms with Crippen molar-refractivity contribution < 1.29 is 4.42 Å². The molecule has 0 spiro atoms. The molecule has 0 atom stereocenters. The lowest BCUT2D eigenvalue weighted by Crippen LogP contribution is -2.37. The molecule has 8 nitrogen and oxygen atoms in total. The molecule has 1 aromatic carbocycles. The molecule has 3 aromatic heterocycles. The Morgan fingerprint density at radius 2 is 1.88 bits per heavy atom. The SMILES string of the molecule is Cn1c(=O)c2c(nc(Cl)n2CCCc2nc3ccccc3o2)n(C)c1=O. The van der Waals surface area contributed by atoms with Crippen LogP contribution in [-0.2, 0) is 27.1 Å². The van der Waals surface area contributed by atoms with Gasteiger partial charge in [-0.1, -0.05) is 12.1 Å². The number of para-hydroxylation sites is 2. The average Bonchev–Trinajstić information content (AvgIpc) is 3.19. The molecule has 0 N–H and O–H groups in total. The second-order valence-electron chi connectivity index (χ2n) is 6.09. The highest BCUT2D eigenvalue weighted by molar-refractivity contribution is 6.29. The Morgan fingerprint density at radius 3 is 2.65 bits per heavy atom. The van der Waals surface area contributed by atoms with Gasteiger partial charge in [0.05, 0.1) is 0 Å². The van der Waals surface area contributed by atoms with Crippen LogP contribution in [0.15, 0.2) is 38.3 Å². The minimum Gasteiger partial charge on any atom is -0.441 e. The first-order chi connectivity index (χ1) is 12.5. The van der Waals surface area contributed by atoms with Gasteiger partial charge in [0, 0.05) is 27.1 Å². The molecule has 3 heterocycles. The monoisotopic (exact) mass is 373 g/mol. The Kier molecular flexibility index (Phi) is 3.91. The van der Waals surface area contributed by atoms with E-state index in [4.69, 9.17) is 16.0 Å². The van der Waals surface area contributed by atoms with E-state index in [-0.39, 0.29) is 10.9 Å². The van der Waals surface area contributed by atoms with Crippen molar-refractivity contribution in [2.24, 2.45) is 14.1 Å². The van der Waals surface area contributed by atoms with Gasteiger partial charge in [0.1, 0.15) is 5.52 Å². The second-order valence-corrected chi connectivity index (χ2v) is 6.43. The van der Waals surface area contributed by atoms with Crippen LogP contribution in [0, 0.1) is 0 Å². The summed E-state index contributed by atoms with van der Waals surface area (Å²) in [6, 6.07) is 7.57. The van der Waals surface area contributed by atoms with Crippen LogP contribution < -0.4 is 11.2 Å². The predicted octanol–water partition coefficient (Wildman–Crippen LogP) is 1.86. The quantitative estimate of drug-likeness (QED) is 0.509. The molecule has 0 saturated heterocycles. The lowest BCUT2D eigenvalue weighted by atomic mass is 10.3. The molecule has 9 heteroatoms. The summed E-state index contributed by atoms with van der Waals surface area (Å²) in [5.74, 6) is 0.632. The Balaban J connectivity index is 1.64. The second kappa shape index (κ2) is 6.14. The van der Waals surface area contributed by atoms with Crippen LogP contribution >= 0.6 is 11.6 Å².